The first-order valence-corrected chi connectivity index (χ1v) is 9.81. The number of nitrogens with zero attached hydrogens (tertiary/aromatic N) is 2. The fourth-order valence-corrected chi connectivity index (χ4v) is 3.09. The second kappa shape index (κ2) is 8.94. The van der Waals surface area contributed by atoms with Crippen molar-refractivity contribution in [1.82, 2.24) is 9.78 Å². The third-order valence-electron chi connectivity index (χ3n) is 4.27. The number of benzene rings is 3. The summed E-state index contributed by atoms with van der Waals surface area (Å²) < 4.78 is 13.1. The highest BCUT2D eigenvalue weighted by Crippen LogP contribution is 2.23. The molecule has 0 radical (unpaired) electrons. The number of ether oxygens (including phenoxy) is 1. The number of nitrogens with one attached hydrogen (secondary N) is 1. The van der Waals surface area contributed by atoms with Gasteiger partial charge in [-0.1, -0.05) is 48.0 Å². The Balaban J connectivity index is 1.41. The average molecular weight is 424 g/mol. The van der Waals surface area contributed by atoms with Gasteiger partial charge in [0.05, 0.1) is 0 Å². The van der Waals surface area contributed by atoms with Gasteiger partial charge in [0, 0.05) is 21.8 Å². The van der Waals surface area contributed by atoms with E-state index in [2.05, 4.69) is 10.4 Å². The molecule has 4 rings (SSSR count). The van der Waals surface area contributed by atoms with Gasteiger partial charge in [0.2, 0.25) is 5.89 Å². The molecule has 0 unspecified atom stereocenters. The van der Waals surface area contributed by atoms with E-state index >= 15 is 0 Å². The average Bonchev–Trinajstić information content (AvgIpc) is 3.13. The largest absolute Gasteiger partial charge is 0.489 e. The maximum absolute atomic E-state index is 6.16. The maximum Gasteiger partial charge on any atom is 0.289 e. The Kier molecular flexibility index (Phi) is 5.93. The van der Waals surface area contributed by atoms with Crippen LogP contribution in [0.25, 0.3) is 11.5 Å². The molecule has 0 saturated heterocycles. The standard InChI is InChI=1S/C22H18ClN3O2S/c23-20-9-5-4-6-17(20)14-27-19-12-10-16(11-13-19)21-25-26(22(29)28-21)15-24-18-7-2-1-3-8-18/h1-13,24H,14-15H2. The van der Waals surface area contributed by atoms with Crippen molar-refractivity contribution >= 4 is 29.5 Å². The van der Waals surface area contributed by atoms with E-state index in [1.54, 1.807) is 4.68 Å². The summed E-state index contributed by atoms with van der Waals surface area (Å²) in [6.07, 6.45) is 0. The van der Waals surface area contributed by atoms with Crippen LogP contribution in [-0.4, -0.2) is 9.78 Å². The minimum atomic E-state index is 0.308. The molecule has 0 amide bonds. The SMILES string of the molecule is S=c1oc(-c2ccc(OCc3ccccc3Cl)cc2)nn1CNc1ccccc1. The molecule has 1 heterocycles. The number of para-hydroxylation sites is 1. The Hall–Kier alpha value is -3.09. The van der Waals surface area contributed by atoms with Crippen molar-refractivity contribution in [1.29, 1.82) is 0 Å². The van der Waals surface area contributed by atoms with Gasteiger partial charge in [0.15, 0.2) is 0 Å². The third kappa shape index (κ3) is 4.85. The highest BCUT2D eigenvalue weighted by Gasteiger charge is 2.09. The molecule has 0 aliphatic heterocycles. The van der Waals surface area contributed by atoms with E-state index in [0.29, 0.717) is 29.0 Å². The molecule has 0 spiro atoms. The summed E-state index contributed by atoms with van der Waals surface area (Å²) in [7, 11) is 0. The van der Waals surface area contributed by atoms with Gasteiger partial charge in [0.1, 0.15) is 19.0 Å². The van der Waals surface area contributed by atoms with Crippen LogP contribution in [0.15, 0.2) is 83.3 Å². The van der Waals surface area contributed by atoms with Crippen molar-refractivity contribution in [3.63, 3.8) is 0 Å². The predicted molar refractivity (Wildman–Crippen MR) is 117 cm³/mol. The number of hydrogen-bond donors (Lipinski definition) is 1. The molecule has 0 aliphatic rings. The molecule has 1 N–H and O–H groups in total. The number of aromatic nitrogens is 2. The lowest BCUT2D eigenvalue weighted by Gasteiger charge is -2.08. The Bertz CT molecular complexity index is 1140. The first kappa shape index (κ1) is 19.2. The van der Waals surface area contributed by atoms with Gasteiger partial charge in [-0.15, -0.1) is 5.10 Å². The summed E-state index contributed by atoms with van der Waals surface area (Å²) in [5.41, 5.74) is 2.74. The van der Waals surface area contributed by atoms with E-state index in [4.69, 9.17) is 33.0 Å². The highest BCUT2D eigenvalue weighted by molar-refractivity contribution is 7.71. The minimum Gasteiger partial charge on any atom is -0.489 e. The van der Waals surface area contributed by atoms with Crippen molar-refractivity contribution in [2.24, 2.45) is 0 Å². The zero-order valence-electron chi connectivity index (χ0n) is 15.4. The van der Waals surface area contributed by atoms with Crippen LogP contribution in [0.2, 0.25) is 5.02 Å². The topological polar surface area (TPSA) is 52.2 Å². The van der Waals surface area contributed by atoms with Crippen LogP contribution in [0.5, 0.6) is 5.75 Å². The van der Waals surface area contributed by atoms with Crippen LogP contribution in [0.4, 0.5) is 5.69 Å². The predicted octanol–water partition coefficient (Wildman–Crippen LogP) is 6.17. The van der Waals surface area contributed by atoms with Crippen molar-refractivity contribution < 1.29 is 9.15 Å². The van der Waals surface area contributed by atoms with E-state index in [1.165, 1.54) is 0 Å². The summed E-state index contributed by atoms with van der Waals surface area (Å²) in [4.78, 5) is 0.308. The van der Waals surface area contributed by atoms with E-state index in [-0.39, 0.29) is 0 Å². The summed E-state index contributed by atoms with van der Waals surface area (Å²) >= 11 is 11.4. The normalized spacial score (nSPS) is 10.7. The first-order chi connectivity index (χ1) is 14.2. The lowest BCUT2D eigenvalue weighted by molar-refractivity contribution is 0.306. The maximum atomic E-state index is 6.16. The minimum absolute atomic E-state index is 0.308. The summed E-state index contributed by atoms with van der Waals surface area (Å²) in [6, 6.07) is 25.0. The summed E-state index contributed by atoms with van der Waals surface area (Å²) in [5, 5.41) is 8.40. The van der Waals surface area contributed by atoms with E-state index in [9.17, 15) is 0 Å². The van der Waals surface area contributed by atoms with Crippen LogP contribution in [0.1, 0.15) is 5.56 Å². The van der Waals surface area contributed by atoms with E-state index in [1.807, 2.05) is 78.9 Å². The molecule has 5 nitrogen and oxygen atoms in total. The third-order valence-corrected chi connectivity index (χ3v) is 4.93. The van der Waals surface area contributed by atoms with Gasteiger partial charge >= 0.3 is 0 Å². The summed E-state index contributed by atoms with van der Waals surface area (Å²) in [6.45, 7) is 0.824. The fraction of sp³-hybridized carbons (Fsp3) is 0.0909. The van der Waals surface area contributed by atoms with Gasteiger partial charge in [-0.05, 0) is 54.7 Å². The molecule has 29 heavy (non-hydrogen) atoms. The molecule has 3 aromatic carbocycles. The van der Waals surface area contributed by atoms with Gasteiger partial charge in [-0.2, -0.15) is 0 Å². The number of hydrogen-bond acceptors (Lipinski definition) is 5. The van der Waals surface area contributed by atoms with Gasteiger partial charge in [-0.3, -0.25) is 0 Å². The van der Waals surface area contributed by atoms with Crippen LogP contribution in [0, 0.1) is 4.84 Å². The molecule has 0 saturated carbocycles. The molecule has 7 heteroatoms. The Labute approximate surface area is 178 Å². The van der Waals surface area contributed by atoms with Crippen molar-refractivity contribution in [2.45, 2.75) is 13.3 Å². The molecule has 0 aliphatic carbocycles. The van der Waals surface area contributed by atoms with Crippen LogP contribution < -0.4 is 10.1 Å². The van der Waals surface area contributed by atoms with Gasteiger partial charge in [-0.25, -0.2) is 4.68 Å². The Morgan fingerprint density at radius 3 is 2.45 bits per heavy atom. The molecular weight excluding hydrogens is 406 g/mol. The number of anilines is 1. The van der Waals surface area contributed by atoms with Crippen LogP contribution in [0.3, 0.4) is 0 Å². The van der Waals surface area contributed by atoms with Crippen LogP contribution >= 0.6 is 23.8 Å². The van der Waals surface area contributed by atoms with Crippen molar-refractivity contribution in [3.8, 4) is 17.2 Å². The quantitative estimate of drug-likeness (QED) is 0.360. The molecule has 146 valence electrons. The van der Waals surface area contributed by atoms with E-state index in [0.717, 1.165) is 22.6 Å². The molecule has 4 aromatic rings. The van der Waals surface area contributed by atoms with E-state index < -0.39 is 0 Å². The van der Waals surface area contributed by atoms with Gasteiger partial charge < -0.3 is 14.5 Å². The zero-order valence-corrected chi connectivity index (χ0v) is 17.0. The molecule has 0 atom stereocenters. The zero-order chi connectivity index (χ0) is 20.1. The Morgan fingerprint density at radius 2 is 1.69 bits per heavy atom. The smallest absolute Gasteiger partial charge is 0.289 e. The monoisotopic (exact) mass is 423 g/mol. The second-order valence-electron chi connectivity index (χ2n) is 6.28. The van der Waals surface area contributed by atoms with Crippen molar-refractivity contribution in [2.75, 3.05) is 5.32 Å². The molecule has 0 bridgehead atoms. The van der Waals surface area contributed by atoms with Crippen LogP contribution in [-0.2, 0) is 13.3 Å². The second-order valence-corrected chi connectivity index (χ2v) is 7.03. The number of rotatable bonds is 7. The number of halogens is 1. The lowest BCUT2D eigenvalue weighted by Crippen LogP contribution is -2.09. The highest BCUT2D eigenvalue weighted by atomic mass is 35.5. The first-order valence-electron chi connectivity index (χ1n) is 9.02. The lowest BCUT2D eigenvalue weighted by atomic mass is 10.2. The fourth-order valence-electron chi connectivity index (χ4n) is 2.72. The van der Waals surface area contributed by atoms with Gasteiger partial charge in [0.25, 0.3) is 4.84 Å². The Morgan fingerprint density at radius 1 is 0.966 bits per heavy atom. The molecule has 0 fully saturated rings. The van der Waals surface area contributed by atoms with Crippen molar-refractivity contribution in [3.05, 3.63) is 94.3 Å². The molecular formula is C22H18ClN3O2S. The molecule has 1 aromatic heterocycles. The summed E-state index contributed by atoms with van der Waals surface area (Å²) in [5.74, 6) is 1.19.